The fourth-order valence-corrected chi connectivity index (χ4v) is 3.70. The number of fused-ring (bicyclic) bond motifs is 1. The van der Waals surface area contributed by atoms with Crippen LogP contribution in [0.2, 0.25) is 0 Å². The second-order valence-electron chi connectivity index (χ2n) is 6.75. The Morgan fingerprint density at radius 1 is 1.00 bits per heavy atom. The molecule has 1 aliphatic rings. The fourth-order valence-electron chi connectivity index (χ4n) is 3.35. The summed E-state index contributed by atoms with van der Waals surface area (Å²) in [6, 6.07) is 24.3. The monoisotopic (exact) mass is 647 g/mol. The number of methoxy groups -OCH3 is 1. The average Bonchev–Trinajstić information content (AvgIpc) is 2.79. The Hall–Kier alpha value is -1.62. The molecule has 0 fully saturated rings. The first kappa shape index (κ1) is 24.6. The molecule has 0 aliphatic carbocycles. The Morgan fingerprint density at radius 2 is 1.70 bits per heavy atom. The maximum Gasteiger partial charge on any atom is 0.142 e. The minimum Gasteiger partial charge on any atom is -0.495 e. The first-order valence-corrected chi connectivity index (χ1v) is 10.3. The van der Waals surface area contributed by atoms with Crippen molar-refractivity contribution in [1.82, 2.24) is 0 Å². The first-order valence-electron chi connectivity index (χ1n) is 9.46. The predicted molar refractivity (Wildman–Crippen MR) is 121 cm³/mol. The van der Waals surface area contributed by atoms with Crippen LogP contribution in [-0.4, -0.2) is 25.9 Å². The predicted octanol–water partition coefficient (Wildman–Crippen LogP) is 4.74. The molecule has 0 unspecified atom stereocenters. The molecule has 3 aromatic rings. The molecule has 7 heteroatoms. The van der Waals surface area contributed by atoms with E-state index in [1.165, 1.54) is 16.8 Å². The molecular formula is C23H27N3O2SU. The quantitative estimate of drug-likeness (QED) is 0.316. The van der Waals surface area contributed by atoms with Crippen LogP contribution in [0, 0.1) is 31.1 Å². The van der Waals surface area contributed by atoms with Crippen LogP contribution in [0.5, 0.6) is 5.75 Å². The van der Waals surface area contributed by atoms with Crippen molar-refractivity contribution in [2.75, 3.05) is 30.7 Å². The molecule has 0 saturated heterocycles. The van der Waals surface area contributed by atoms with Crippen molar-refractivity contribution in [1.29, 1.82) is 0 Å². The van der Waals surface area contributed by atoms with E-state index in [9.17, 15) is 0 Å². The molecule has 3 N–H and O–H groups in total. The summed E-state index contributed by atoms with van der Waals surface area (Å²) in [5.41, 5.74) is 4.83. The molecule has 0 amide bonds. The van der Waals surface area contributed by atoms with E-state index < -0.39 is 0 Å². The van der Waals surface area contributed by atoms with Crippen molar-refractivity contribution in [3.05, 3.63) is 83.9 Å². The molecule has 0 bridgehead atoms. The molecule has 1 heterocycles. The molecule has 0 atom stereocenters. The SMILES string of the molecule is CN(O)c1cccc(SN)c1.COc1ccccc1N1CCc2ccccc2C1.[U]. The summed E-state index contributed by atoms with van der Waals surface area (Å²) in [4.78, 5) is 3.32. The summed E-state index contributed by atoms with van der Waals surface area (Å²) in [5.74, 6) is 0.955. The summed E-state index contributed by atoms with van der Waals surface area (Å²) in [5, 5.41) is 15.4. The van der Waals surface area contributed by atoms with E-state index in [4.69, 9.17) is 15.1 Å². The van der Waals surface area contributed by atoms with Crippen molar-refractivity contribution >= 4 is 23.3 Å². The van der Waals surface area contributed by atoms with Gasteiger partial charge in [0, 0.05) is 56.1 Å². The maximum atomic E-state index is 9.03. The molecular weight excluding hydrogens is 620 g/mol. The summed E-state index contributed by atoms with van der Waals surface area (Å²) < 4.78 is 5.44. The minimum absolute atomic E-state index is 0. The molecule has 30 heavy (non-hydrogen) atoms. The number of hydrogen-bond acceptors (Lipinski definition) is 6. The second kappa shape index (κ2) is 12.3. The molecule has 5 nitrogen and oxygen atoms in total. The van der Waals surface area contributed by atoms with Gasteiger partial charge in [-0.1, -0.05) is 42.5 Å². The summed E-state index contributed by atoms with van der Waals surface area (Å²) in [6.45, 7) is 2.02. The van der Waals surface area contributed by atoms with Crippen molar-refractivity contribution < 1.29 is 41.1 Å². The summed E-state index contributed by atoms with van der Waals surface area (Å²) in [7, 11) is 3.30. The number of hydrogen-bond donors (Lipinski definition) is 2. The van der Waals surface area contributed by atoms with Crippen LogP contribution in [0.15, 0.2) is 77.7 Å². The number of nitrogens with zero attached hydrogens (tertiary/aromatic N) is 2. The van der Waals surface area contributed by atoms with E-state index >= 15 is 0 Å². The number of para-hydroxylation sites is 2. The maximum absolute atomic E-state index is 9.03. The van der Waals surface area contributed by atoms with E-state index in [0.29, 0.717) is 0 Å². The third-order valence-corrected chi connectivity index (χ3v) is 5.41. The Balaban J connectivity index is 0.000000232. The van der Waals surface area contributed by atoms with Crippen LogP contribution in [0.4, 0.5) is 11.4 Å². The number of anilines is 2. The number of nitrogens with two attached hydrogens (primary N) is 1. The molecule has 4 rings (SSSR count). The fraction of sp³-hybridized carbons (Fsp3) is 0.217. The van der Waals surface area contributed by atoms with E-state index in [-0.39, 0.29) is 31.1 Å². The molecule has 0 saturated carbocycles. The van der Waals surface area contributed by atoms with Gasteiger partial charge >= 0.3 is 0 Å². The van der Waals surface area contributed by atoms with E-state index in [2.05, 4.69) is 41.3 Å². The minimum atomic E-state index is 0. The molecule has 156 valence electrons. The molecule has 0 spiro atoms. The molecule has 0 radical (unpaired) electrons. The average molecular weight is 648 g/mol. The second-order valence-corrected chi connectivity index (χ2v) is 7.46. The largest absolute Gasteiger partial charge is 0.495 e. The Morgan fingerprint density at radius 3 is 2.40 bits per heavy atom. The number of hydroxylamine groups is 1. The third kappa shape index (κ3) is 6.44. The van der Waals surface area contributed by atoms with Crippen LogP contribution in [0.1, 0.15) is 11.1 Å². The topological polar surface area (TPSA) is 62.0 Å². The molecule has 3 aromatic carbocycles. The standard InChI is InChI=1S/C16H17NO.C7H10N2OS.U/c1-18-16-9-5-4-8-15(16)17-11-10-13-6-2-3-7-14(13)12-17;1-9(10)6-3-2-4-7(5-6)11-8;/h2-9H,10-12H2,1H3;2-5,10H,8H2,1H3;. The van der Waals surface area contributed by atoms with Gasteiger partial charge in [-0.2, -0.15) is 0 Å². The summed E-state index contributed by atoms with van der Waals surface area (Å²) in [6.07, 6.45) is 1.11. The molecule has 0 aromatic heterocycles. The smallest absolute Gasteiger partial charge is 0.142 e. The van der Waals surface area contributed by atoms with E-state index in [1.807, 2.05) is 30.3 Å². The number of benzene rings is 3. The van der Waals surface area contributed by atoms with Gasteiger partial charge < -0.3 is 9.64 Å². The van der Waals surface area contributed by atoms with Gasteiger partial charge in [-0.25, -0.2) is 0 Å². The number of ether oxygens (including phenoxy) is 1. The van der Waals surface area contributed by atoms with Gasteiger partial charge in [-0.15, -0.1) is 0 Å². The van der Waals surface area contributed by atoms with Crippen LogP contribution in [0.25, 0.3) is 0 Å². The van der Waals surface area contributed by atoms with Crippen molar-refractivity contribution in [3.63, 3.8) is 0 Å². The van der Waals surface area contributed by atoms with Crippen molar-refractivity contribution in [3.8, 4) is 5.75 Å². The van der Waals surface area contributed by atoms with Gasteiger partial charge in [0.15, 0.2) is 0 Å². The van der Waals surface area contributed by atoms with Gasteiger partial charge in [0.1, 0.15) is 5.75 Å². The van der Waals surface area contributed by atoms with Crippen molar-refractivity contribution in [2.45, 2.75) is 17.9 Å². The first-order chi connectivity index (χ1) is 14.1. The van der Waals surface area contributed by atoms with Gasteiger partial charge in [0.25, 0.3) is 0 Å². The van der Waals surface area contributed by atoms with E-state index in [1.54, 1.807) is 20.2 Å². The molecule has 1 aliphatic heterocycles. The Kier molecular flexibility index (Phi) is 10.1. The van der Waals surface area contributed by atoms with Gasteiger partial charge in [0.05, 0.1) is 18.5 Å². The van der Waals surface area contributed by atoms with Crippen LogP contribution in [0.3, 0.4) is 0 Å². The zero-order valence-corrected chi connectivity index (χ0v) is 22.3. The van der Waals surface area contributed by atoms with Crippen LogP contribution < -0.4 is 19.8 Å². The normalized spacial score (nSPS) is 12.1. The van der Waals surface area contributed by atoms with E-state index in [0.717, 1.165) is 52.9 Å². The Bertz CT molecular complexity index is 940. The number of rotatable bonds is 4. The van der Waals surface area contributed by atoms with Crippen molar-refractivity contribution in [2.24, 2.45) is 5.14 Å². The van der Waals surface area contributed by atoms with Crippen LogP contribution >= 0.6 is 11.9 Å². The van der Waals surface area contributed by atoms with Gasteiger partial charge in [-0.05, 0) is 59.8 Å². The van der Waals surface area contributed by atoms with Gasteiger partial charge in [-0.3, -0.25) is 15.4 Å². The van der Waals surface area contributed by atoms with Crippen LogP contribution in [-0.2, 0) is 13.0 Å². The zero-order chi connectivity index (χ0) is 20.6. The zero-order valence-electron chi connectivity index (χ0n) is 17.3. The van der Waals surface area contributed by atoms with Gasteiger partial charge in [0.2, 0.25) is 0 Å². The summed E-state index contributed by atoms with van der Waals surface area (Å²) >= 11 is 1.16. The Labute approximate surface area is 206 Å². The third-order valence-electron chi connectivity index (χ3n) is 4.88.